The molecule has 0 spiro atoms. The topological polar surface area (TPSA) is 67.3 Å². The zero-order valence-corrected chi connectivity index (χ0v) is 15.8. The summed E-state index contributed by atoms with van der Waals surface area (Å²) in [6.07, 6.45) is 3.40. The van der Waals surface area contributed by atoms with E-state index in [1.165, 1.54) is 6.26 Å². The second-order valence-corrected chi connectivity index (χ2v) is 6.75. The molecule has 5 nitrogen and oxygen atoms in total. The summed E-state index contributed by atoms with van der Waals surface area (Å²) in [4.78, 5) is 3.21. The van der Waals surface area contributed by atoms with Crippen molar-refractivity contribution in [3.63, 3.8) is 0 Å². The number of fused-ring (bicyclic) bond motifs is 3. The lowest BCUT2D eigenvalue weighted by molar-refractivity contribution is 0.352. The van der Waals surface area contributed by atoms with Crippen LogP contribution in [0.4, 0.5) is 0 Å². The van der Waals surface area contributed by atoms with Gasteiger partial charge in [-0.1, -0.05) is 12.1 Å². The van der Waals surface area contributed by atoms with Crippen molar-refractivity contribution < 1.29 is 14.2 Å². The number of H-pyrrole nitrogens is 1. The minimum absolute atomic E-state index is 0.257. The summed E-state index contributed by atoms with van der Waals surface area (Å²) in [7, 11) is 3.18. The quantitative estimate of drug-likeness (QED) is 0.667. The Bertz CT molecular complexity index is 1080. The number of nitrogens with one attached hydrogen (secondary N) is 1. The molecule has 1 unspecified atom stereocenters. The van der Waals surface area contributed by atoms with Crippen molar-refractivity contribution in [1.82, 2.24) is 4.98 Å². The summed E-state index contributed by atoms with van der Waals surface area (Å²) in [6, 6.07) is 12.1. The summed E-state index contributed by atoms with van der Waals surface area (Å²) < 4.78 is 17.4. The van der Waals surface area contributed by atoms with Crippen molar-refractivity contribution in [2.24, 2.45) is 0 Å². The maximum absolute atomic E-state index is 9.64. The number of nitrogens with zero attached hydrogens (tertiary/aromatic N) is 1. The Balaban J connectivity index is 1.95. The van der Waals surface area contributed by atoms with E-state index < -0.39 is 0 Å². The number of methoxy groups -OCH3 is 2. The third-order valence-corrected chi connectivity index (χ3v) is 5.14. The van der Waals surface area contributed by atoms with Gasteiger partial charge in [0, 0.05) is 17.1 Å². The van der Waals surface area contributed by atoms with Crippen LogP contribution in [-0.4, -0.2) is 19.2 Å². The van der Waals surface area contributed by atoms with Gasteiger partial charge in [-0.25, -0.2) is 0 Å². The molecule has 0 radical (unpaired) electrons. The number of allylic oxidation sites excluding steroid dienone is 1. The monoisotopic (exact) mass is 410 g/mol. The van der Waals surface area contributed by atoms with Gasteiger partial charge in [0.05, 0.1) is 41.8 Å². The Labute approximate surface area is 158 Å². The fourth-order valence-corrected chi connectivity index (χ4v) is 4.00. The summed E-state index contributed by atoms with van der Waals surface area (Å²) in [5, 5.41) is 10.7. The predicted molar refractivity (Wildman–Crippen MR) is 102 cm³/mol. The Morgan fingerprint density at radius 3 is 2.77 bits per heavy atom. The number of hydrogen-bond acceptors (Lipinski definition) is 4. The number of nitriles is 1. The molecule has 2 heterocycles. The van der Waals surface area contributed by atoms with E-state index in [0.29, 0.717) is 17.1 Å². The molecule has 0 fully saturated rings. The Morgan fingerprint density at radius 2 is 2.04 bits per heavy atom. The first kappa shape index (κ1) is 16.6. The minimum atomic E-state index is -0.257. The van der Waals surface area contributed by atoms with E-state index in [-0.39, 0.29) is 5.92 Å². The van der Waals surface area contributed by atoms with Gasteiger partial charge in [0.2, 0.25) is 0 Å². The van der Waals surface area contributed by atoms with E-state index in [2.05, 4.69) is 27.0 Å². The Kier molecular flexibility index (Phi) is 4.09. The van der Waals surface area contributed by atoms with Crippen LogP contribution in [0.2, 0.25) is 0 Å². The highest BCUT2D eigenvalue weighted by Crippen LogP contribution is 2.46. The zero-order valence-electron chi connectivity index (χ0n) is 14.2. The third-order valence-electron chi connectivity index (χ3n) is 4.56. The lowest BCUT2D eigenvalue weighted by atomic mass is 9.83. The number of rotatable bonds is 3. The van der Waals surface area contributed by atoms with Crippen LogP contribution in [0.25, 0.3) is 10.9 Å². The molecule has 0 aliphatic carbocycles. The van der Waals surface area contributed by atoms with Crippen molar-refractivity contribution in [3.05, 3.63) is 64.0 Å². The molecule has 1 N–H and O–H groups in total. The molecule has 0 saturated carbocycles. The highest BCUT2D eigenvalue weighted by Gasteiger charge is 2.30. The number of halogens is 1. The molecule has 3 aromatic rings. The smallest absolute Gasteiger partial charge is 0.174 e. The molecule has 2 aromatic carbocycles. The van der Waals surface area contributed by atoms with Crippen LogP contribution in [0.5, 0.6) is 17.2 Å². The largest absolute Gasteiger partial charge is 0.493 e. The molecule has 0 amide bonds. The first-order valence-electron chi connectivity index (χ1n) is 7.96. The van der Waals surface area contributed by atoms with E-state index in [1.807, 2.05) is 36.5 Å². The summed E-state index contributed by atoms with van der Waals surface area (Å²) in [6.45, 7) is 0. The molecule has 130 valence electrons. The van der Waals surface area contributed by atoms with Crippen molar-refractivity contribution in [2.45, 2.75) is 5.92 Å². The van der Waals surface area contributed by atoms with Gasteiger partial charge in [-0.05, 0) is 39.7 Å². The fourth-order valence-electron chi connectivity index (χ4n) is 3.38. The predicted octanol–water partition coefficient (Wildman–Crippen LogP) is 4.88. The van der Waals surface area contributed by atoms with Crippen molar-refractivity contribution in [3.8, 4) is 23.3 Å². The molecular formula is C20H15BrN2O3. The minimum Gasteiger partial charge on any atom is -0.493 e. The Morgan fingerprint density at radius 1 is 1.19 bits per heavy atom. The average molecular weight is 411 g/mol. The zero-order chi connectivity index (χ0) is 18.3. The highest BCUT2D eigenvalue weighted by molar-refractivity contribution is 9.10. The third kappa shape index (κ3) is 2.44. The number of aromatic amines is 1. The molecule has 4 rings (SSSR count). The van der Waals surface area contributed by atoms with Gasteiger partial charge in [0.15, 0.2) is 17.2 Å². The van der Waals surface area contributed by atoms with Gasteiger partial charge in [-0.15, -0.1) is 0 Å². The van der Waals surface area contributed by atoms with Gasteiger partial charge in [-0.2, -0.15) is 5.26 Å². The molecule has 1 aliphatic heterocycles. The van der Waals surface area contributed by atoms with Crippen LogP contribution >= 0.6 is 15.9 Å². The summed E-state index contributed by atoms with van der Waals surface area (Å²) >= 11 is 3.54. The van der Waals surface area contributed by atoms with Crippen LogP contribution in [0.1, 0.15) is 17.0 Å². The standard InChI is InChI=1S/C20H15BrN2O3/c1-24-16-8-12(7-15(21)20(16)25-2)17-13(9-22)10-26-19-14(17)4-3-11-5-6-23-18(11)19/h3-8,10,17,23H,1-2H3. The van der Waals surface area contributed by atoms with Gasteiger partial charge < -0.3 is 19.2 Å². The maximum Gasteiger partial charge on any atom is 0.174 e. The van der Waals surface area contributed by atoms with Gasteiger partial charge in [0.1, 0.15) is 6.26 Å². The number of benzene rings is 2. The molecule has 1 aliphatic rings. The SMILES string of the molecule is COc1cc(C2C(C#N)=COc3c2ccc2cc[nH]c32)cc(Br)c1OC. The lowest BCUT2D eigenvalue weighted by Gasteiger charge is -2.25. The van der Waals surface area contributed by atoms with E-state index in [1.54, 1.807) is 14.2 Å². The first-order chi connectivity index (χ1) is 12.7. The second kappa shape index (κ2) is 6.43. The van der Waals surface area contributed by atoms with Crippen LogP contribution in [0.15, 0.2) is 52.8 Å². The molecular weight excluding hydrogens is 396 g/mol. The second-order valence-electron chi connectivity index (χ2n) is 5.90. The van der Waals surface area contributed by atoms with Crippen molar-refractivity contribution in [1.29, 1.82) is 5.26 Å². The first-order valence-corrected chi connectivity index (χ1v) is 8.75. The molecule has 1 atom stereocenters. The lowest BCUT2D eigenvalue weighted by Crippen LogP contribution is -2.12. The van der Waals surface area contributed by atoms with Crippen LogP contribution < -0.4 is 14.2 Å². The van der Waals surface area contributed by atoms with Gasteiger partial charge in [-0.3, -0.25) is 0 Å². The van der Waals surface area contributed by atoms with Crippen molar-refractivity contribution in [2.75, 3.05) is 14.2 Å². The molecule has 1 aromatic heterocycles. The Hall–Kier alpha value is -2.91. The number of ether oxygens (including phenoxy) is 3. The van der Waals surface area contributed by atoms with Gasteiger partial charge in [0.25, 0.3) is 0 Å². The average Bonchev–Trinajstić information content (AvgIpc) is 3.15. The fraction of sp³-hybridized carbons (Fsp3) is 0.150. The van der Waals surface area contributed by atoms with Crippen molar-refractivity contribution >= 4 is 26.8 Å². The molecule has 6 heteroatoms. The van der Waals surface area contributed by atoms with E-state index in [4.69, 9.17) is 14.2 Å². The van der Waals surface area contributed by atoms with E-state index >= 15 is 0 Å². The van der Waals surface area contributed by atoms with Crippen LogP contribution in [0.3, 0.4) is 0 Å². The summed E-state index contributed by atoms with van der Waals surface area (Å²) in [5.74, 6) is 1.70. The summed E-state index contributed by atoms with van der Waals surface area (Å²) in [5.41, 5.74) is 3.29. The maximum atomic E-state index is 9.64. The highest BCUT2D eigenvalue weighted by atomic mass is 79.9. The van der Waals surface area contributed by atoms with E-state index in [9.17, 15) is 5.26 Å². The molecule has 26 heavy (non-hydrogen) atoms. The van der Waals surface area contributed by atoms with Crippen LogP contribution in [-0.2, 0) is 0 Å². The number of aromatic nitrogens is 1. The molecule has 0 saturated heterocycles. The number of hydrogen-bond donors (Lipinski definition) is 1. The normalized spacial score (nSPS) is 15.6. The van der Waals surface area contributed by atoms with E-state index in [0.717, 1.165) is 32.3 Å². The van der Waals surface area contributed by atoms with Gasteiger partial charge >= 0.3 is 0 Å². The molecule has 0 bridgehead atoms. The van der Waals surface area contributed by atoms with Crippen LogP contribution in [0, 0.1) is 11.3 Å².